The fourth-order valence-electron chi connectivity index (χ4n) is 3.69. The maximum absolute atomic E-state index is 13.1. The van der Waals surface area contributed by atoms with Crippen LogP contribution in [0.5, 0.6) is 11.5 Å². The second-order valence-corrected chi connectivity index (χ2v) is 9.13. The van der Waals surface area contributed by atoms with Crippen molar-refractivity contribution in [1.82, 2.24) is 14.8 Å². The molecule has 1 unspecified atom stereocenters. The van der Waals surface area contributed by atoms with E-state index in [0.717, 1.165) is 30.3 Å². The van der Waals surface area contributed by atoms with Gasteiger partial charge in [0.1, 0.15) is 11.5 Å². The van der Waals surface area contributed by atoms with Crippen LogP contribution in [0.15, 0.2) is 47.6 Å². The Balaban J connectivity index is 1.60. The van der Waals surface area contributed by atoms with Crippen molar-refractivity contribution in [2.45, 2.75) is 24.3 Å². The molecule has 180 valence electrons. The quantitative estimate of drug-likeness (QED) is 0.487. The molecule has 1 aromatic heterocycles. The summed E-state index contributed by atoms with van der Waals surface area (Å²) in [6.45, 7) is 6.66. The van der Waals surface area contributed by atoms with E-state index in [2.05, 4.69) is 33.4 Å². The van der Waals surface area contributed by atoms with Gasteiger partial charge in [-0.15, -0.1) is 10.2 Å². The molecule has 1 N–H and O–H groups in total. The van der Waals surface area contributed by atoms with Gasteiger partial charge in [0.25, 0.3) is 0 Å². The van der Waals surface area contributed by atoms with Gasteiger partial charge in [-0.1, -0.05) is 30.0 Å². The topological polar surface area (TPSA) is 90.7 Å². The van der Waals surface area contributed by atoms with Gasteiger partial charge in [-0.05, 0) is 37.6 Å². The zero-order valence-corrected chi connectivity index (χ0v) is 20.6. The number of hydrogen-bond donors (Lipinski definition) is 1. The largest absolute Gasteiger partial charge is 0.497 e. The molecule has 1 fully saturated rings. The highest BCUT2D eigenvalue weighted by atomic mass is 32.2. The molecule has 1 saturated heterocycles. The number of aryl methyl sites for hydroxylation is 1. The van der Waals surface area contributed by atoms with E-state index in [0.29, 0.717) is 35.6 Å². The van der Waals surface area contributed by atoms with Crippen molar-refractivity contribution in [3.05, 3.63) is 48.0 Å². The van der Waals surface area contributed by atoms with Crippen LogP contribution in [0.2, 0.25) is 0 Å². The summed E-state index contributed by atoms with van der Waals surface area (Å²) in [7, 11) is 3.14. The van der Waals surface area contributed by atoms with Crippen LogP contribution in [0.3, 0.4) is 0 Å². The molecule has 4 rings (SSSR count). The number of nitrogens with one attached hydrogen (secondary N) is 1. The maximum Gasteiger partial charge on any atom is 0.237 e. The first-order chi connectivity index (χ1) is 16.5. The summed E-state index contributed by atoms with van der Waals surface area (Å²) < 4.78 is 18.2. The van der Waals surface area contributed by atoms with Crippen molar-refractivity contribution < 1.29 is 19.0 Å². The zero-order chi connectivity index (χ0) is 24.1. The number of hydrogen-bond acceptors (Lipinski definition) is 8. The molecule has 1 atom stereocenters. The van der Waals surface area contributed by atoms with Crippen molar-refractivity contribution >= 4 is 29.3 Å². The molecule has 0 spiro atoms. The van der Waals surface area contributed by atoms with E-state index in [1.54, 1.807) is 32.4 Å². The summed E-state index contributed by atoms with van der Waals surface area (Å²) in [4.78, 5) is 15.3. The lowest BCUT2D eigenvalue weighted by Gasteiger charge is -2.28. The van der Waals surface area contributed by atoms with Gasteiger partial charge in [0.2, 0.25) is 11.9 Å². The predicted molar refractivity (Wildman–Crippen MR) is 133 cm³/mol. The zero-order valence-electron chi connectivity index (χ0n) is 19.8. The van der Waals surface area contributed by atoms with Crippen LogP contribution in [-0.2, 0) is 9.53 Å². The van der Waals surface area contributed by atoms with E-state index in [1.165, 1.54) is 11.8 Å². The van der Waals surface area contributed by atoms with Gasteiger partial charge in [-0.25, -0.2) is 0 Å². The molecule has 1 amide bonds. The fourth-order valence-corrected chi connectivity index (χ4v) is 4.55. The average molecular weight is 484 g/mol. The van der Waals surface area contributed by atoms with Gasteiger partial charge in [0, 0.05) is 19.2 Å². The molecule has 0 radical (unpaired) electrons. The van der Waals surface area contributed by atoms with E-state index >= 15 is 0 Å². The highest BCUT2D eigenvalue weighted by molar-refractivity contribution is 8.00. The maximum atomic E-state index is 13.1. The molecule has 2 aromatic carbocycles. The van der Waals surface area contributed by atoms with Crippen molar-refractivity contribution in [2.24, 2.45) is 0 Å². The minimum absolute atomic E-state index is 0.177. The number of benzene rings is 2. The van der Waals surface area contributed by atoms with Crippen molar-refractivity contribution in [3.8, 4) is 17.2 Å². The molecule has 1 aliphatic rings. The van der Waals surface area contributed by atoms with Gasteiger partial charge in [-0.3, -0.25) is 9.36 Å². The second kappa shape index (κ2) is 10.8. The lowest BCUT2D eigenvalue weighted by atomic mass is 10.2. The van der Waals surface area contributed by atoms with E-state index < -0.39 is 5.25 Å². The van der Waals surface area contributed by atoms with Crippen LogP contribution in [-0.4, -0.2) is 66.4 Å². The molecule has 9 nitrogen and oxygen atoms in total. The average Bonchev–Trinajstić information content (AvgIpc) is 3.27. The first-order valence-electron chi connectivity index (χ1n) is 11.1. The number of morpholine rings is 1. The van der Waals surface area contributed by atoms with E-state index in [9.17, 15) is 4.79 Å². The van der Waals surface area contributed by atoms with Gasteiger partial charge in [0.15, 0.2) is 5.16 Å². The second-order valence-electron chi connectivity index (χ2n) is 7.82. The third kappa shape index (κ3) is 5.13. The van der Waals surface area contributed by atoms with Crippen LogP contribution < -0.4 is 19.7 Å². The molecule has 3 aromatic rings. The standard InChI is InChI=1S/C24H29N5O4S/c1-16-7-5-6-8-20(16)29-23(28-11-13-33-14-12-28)26-27-24(29)34-17(2)22(30)25-19-15-18(31-3)9-10-21(19)32-4/h5-10,15,17H,11-14H2,1-4H3,(H,25,30). The molecule has 34 heavy (non-hydrogen) atoms. The Morgan fingerprint density at radius 1 is 1.12 bits per heavy atom. The van der Waals surface area contributed by atoms with Crippen molar-refractivity contribution in [1.29, 1.82) is 0 Å². The number of thioether (sulfide) groups is 1. The highest BCUT2D eigenvalue weighted by Gasteiger charge is 2.26. The number of carbonyl (C=O) groups is 1. The monoisotopic (exact) mass is 483 g/mol. The van der Waals surface area contributed by atoms with Crippen LogP contribution in [0.25, 0.3) is 5.69 Å². The Morgan fingerprint density at radius 3 is 2.59 bits per heavy atom. The summed E-state index contributed by atoms with van der Waals surface area (Å²) in [6, 6.07) is 13.4. The number of anilines is 2. The summed E-state index contributed by atoms with van der Waals surface area (Å²) in [5.41, 5.74) is 2.63. The normalized spacial score (nSPS) is 14.5. The van der Waals surface area contributed by atoms with Crippen LogP contribution in [0.4, 0.5) is 11.6 Å². The third-order valence-electron chi connectivity index (χ3n) is 5.58. The van der Waals surface area contributed by atoms with Gasteiger partial charge in [-0.2, -0.15) is 0 Å². The lowest BCUT2D eigenvalue weighted by Crippen LogP contribution is -2.38. The summed E-state index contributed by atoms with van der Waals surface area (Å²) in [5.74, 6) is 1.76. The summed E-state index contributed by atoms with van der Waals surface area (Å²) in [5, 5.41) is 12.1. The minimum atomic E-state index is -0.444. The first kappa shape index (κ1) is 23.9. The predicted octanol–water partition coefficient (Wildman–Crippen LogP) is 3.55. The summed E-state index contributed by atoms with van der Waals surface area (Å²) in [6.07, 6.45) is 0. The molecular formula is C24H29N5O4S. The Hall–Kier alpha value is -3.24. The number of para-hydroxylation sites is 1. The van der Waals surface area contributed by atoms with E-state index in [4.69, 9.17) is 14.2 Å². The number of methoxy groups -OCH3 is 2. The molecular weight excluding hydrogens is 454 g/mol. The fraction of sp³-hybridized carbons (Fsp3) is 0.375. The first-order valence-corrected chi connectivity index (χ1v) is 11.9. The van der Waals surface area contributed by atoms with Crippen LogP contribution in [0.1, 0.15) is 12.5 Å². The minimum Gasteiger partial charge on any atom is -0.497 e. The number of aromatic nitrogens is 3. The van der Waals surface area contributed by atoms with Gasteiger partial charge in [0.05, 0.1) is 44.1 Å². The Kier molecular flexibility index (Phi) is 7.59. The number of nitrogens with zero attached hydrogens (tertiary/aromatic N) is 4. The number of ether oxygens (including phenoxy) is 3. The number of amides is 1. The van der Waals surface area contributed by atoms with E-state index in [-0.39, 0.29) is 5.91 Å². The third-order valence-corrected chi connectivity index (χ3v) is 6.63. The SMILES string of the molecule is COc1ccc(OC)c(NC(=O)C(C)Sc2nnc(N3CCOCC3)n2-c2ccccc2C)c1. The molecule has 0 aliphatic carbocycles. The molecule has 2 heterocycles. The molecule has 10 heteroatoms. The number of rotatable bonds is 8. The van der Waals surface area contributed by atoms with Crippen LogP contribution >= 0.6 is 11.8 Å². The summed E-state index contributed by atoms with van der Waals surface area (Å²) >= 11 is 1.36. The number of carbonyl (C=O) groups excluding carboxylic acids is 1. The Bertz CT molecular complexity index is 1150. The molecule has 0 bridgehead atoms. The Labute approximate surface area is 203 Å². The van der Waals surface area contributed by atoms with Crippen molar-refractivity contribution in [3.63, 3.8) is 0 Å². The molecule has 1 aliphatic heterocycles. The van der Waals surface area contributed by atoms with Crippen molar-refractivity contribution in [2.75, 3.05) is 50.7 Å². The van der Waals surface area contributed by atoms with Gasteiger partial charge < -0.3 is 24.4 Å². The lowest BCUT2D eigenvalue weighted by molar-refractivity contribution is -0.115. The van der Waals surface area contributed by atoms with E-state index in [1.807, 2.05) is 29.7 Å². The molecule has 0 saturated carbocycles. The van der Waals surface area contributed by atoms with Gasteiger partial charge >= 0.3 is 0 Å². The smallest absolute Gasteiger partial charge is 0.237 e. The van der Waals surface area contributed by atoms with Crippen LogP contribution in [0, 0.1) is 6.92 Å². The highest BCUT2D eigenvalue weighted by Crippen LogP contribution is 2.33. The Morgan fingerprint density at radius 2 is 1.88 bits per heavy atom.